The molecule has 0 bridgehead atoms. The smallest absolute Gasteiger partial charge is 0.292 e. The van der Waals surface area contributed by atoms with E-state index in [2.05, 4.69) is 0 Å². The molecule has 23 heavy (non-hydrogen) atoms. The largest absolute Gasteiger partial charge is 0.387 e. The van der Waals surface area contributed by atoms with E-state index in [1.165, 1.54) is 0 Å². The minimum absolute atomic E-state index is 0.524. The van der Waals surface area contributed by atoms with Crippen molar-refractivity contribution in [3.8, 4) is 24.0 Å². The highest BCUT2D eigenvalue weighted by Crippen LogP contribution is 2.33. The Hall–Kier alpha value is -2.98. The molecule has 0 aliphatic rings. The maximum atomic E-state index is 8.90. The molecule has 0 fully saturated rings. The molecule has 0 N–H and O–H groups in total. The van der Waals surface area contributed by atoms with Crippen LogP contribution in [0.3, 0.4) is 0 Å². The zero-order valence-corrected chi connectivity index (χ0v) is 13.7. The van der Waals surface area contributed by atoms with Gasteiger partial charge in [-0.05, 0) is 49.9 Å². The average molecular weight is 306 g/mol. The van der Waals surface area contributed by atoms with E-state index in [-0.39, 0.29) is 0 Å². The maximum absolute atomic E-state index is 8.90. The van der Waals surface area contributed by atoms with Gasteiger partial charge >= 0.3 is 0 Å². The van der Waals surface area contributed by atoms with Crippen molar-refractivity contribution < 1.29 is 9.47 Å². The lowest BCUT2D eigenvalue weighted by atomic mass is 9.96. The van der Waals surface area contributed by atoms with E-state index in [0.717, 1.165) is 33.4 Å². The summed E-state index contributed by atoms with van der Waals surface area (Å²) < 4.78 is 10.3. The first-order chi connectivity index (χ1) is 11.0. The fourth-order valence-electron chi connectivity index (χ4n) is 2.55. The van der Waals surface area contributed by atoms with Crippen molar-refractivity contribution >= 4 is 0 Å². The van der Waals surface area contributed by atoms with Crippen molar-refractivity contribution in [2.75, 3.05) is 0 Å². The summed E-state index contributed by atoms with van der Waals surface area (Å²) in [6, 6.07) is 7.89. The number of ether oxygens (including phenoxy) is 2. The van der Waals surface area contributed by atoms with Crippen LogP contribution in [0.2, 0.25) is 0 Å². The minimum atomic E-state index is 0.524. The first kappa shape index (κ1) is 16.4. The number of hydrogen-bond donors (Lipinski definition) is 0. The van der Waals surface area contributed by atoms with Crippen LogP contribution in [-0.2, 0) is 6.42 Å². The van der Waals surface area contributed by atoms with Gasteiger partial charge in [0.25, 0.3) is 12.5 Å². The summed E-state index contributed by atoms with van der Waals surface area (Å²) >= 11 is 0. The molecule has 0 amide bonds. The molecule has 4 nitrogen and oxygen atoms in total. The highest BCUT2D eigenvalue weighted by Gasteiger charge is 2.15. The highest BCUT2D eigenvalue weighted by atomic mass is 16.5. The fraction of sp³-hybridized carbons (Fsp3) is 0.263. The van der Waals surface area contributed by atoms with E-state index in [9.17, 15) is 0 Å². The Balaban J connectivity index is 2.53. The number of aryl methyl sites for hydroxylation is 2. The molecule has 116 valence electrons. The van der Waals surface area contributed by atoms with Crippen molar-refractivity contribution in [1.29, 1.82) is 10.5 Å². The Morgan fingerprint density at radius 1 is 0.739 bits per heavy atom. The van der Waals surface area contributed by atoms with Gasteiger partial charge in [0.2, 0.25) is 0 Å². The van der Waals surface area contributed by atoms with E-state index in [1.807, 2.05) is 52.0 Å². The van der Waals surface area contributed by atoms with Crippen LogP contribution in [0, 0.1) is 50.7 Å². The van der Waals surface area contributed by atoms with E-state index in [0.29, 0.717) is 17.9 Å². The summed E-state index contributed by atoms with van der Waals surface area (Å²) in [6.07, 6.45) is 4.03. The van der Waals surface area contributed by atoms with E-state index in [4.69, 9.17) is 20.0 Å². The summed E-state index contributed by atoms with van der Waals surface area (Å²) in [5, 5.41) is 17.8. The van der Waals surface area contributed by atoms with Crippen LogP contribution in [0.1, 0.15) is 33.4 Å². The van der Waals surface area contributed by atoms with Gasteiger partial charge in [0.15, 0.2) is 0 Å². The molecule has 0 saturated heterocycles. The fourth-order valence-corrected chi connectivity index (χ4v) is 2.55. The van der Waals surface area contributed by atoms with Gasteiger partial charge < -0.3 is 9.47 Å². The van der Waals surface area contributed by atoms with Crippen molar-refractivity contribution in [2.24, 2.45) is 0 Å². The monoisotopic (exact) mass is 306 g/mol. The summed E-state index contributed by atoms with van der Waals surface area (Å²) in [4.78, 5) is 0. The summed E-state index contributed by atoms with van der Waals surface area (Å²) in [6.45, 7) is 7.81. The molecule has 4 heteroatoms. The van der Waals surface area contributed by atoms with Gasteiger partial charge in [0, 0.05) is 17.5 Å². The van der Waals surface area contributed by atoms with Crippen molar-refractivity contribution in [3.63, 3.8) is 0 Å². The van der Waals surface area contributed by atoms with Crippen LogP contribution in [0.5, 0.6) is 11.5 Å². The van der Waals surface area contributed by atoms with E-state index < -0.39 is 0 Å². The molecule has 0 atom stereocenters. The van der Waals surface area contributed by atoms with Crippen LogP contribution in [-0.4, -0.2) is 0 Å². The standard InChI is InChI=1S/C19H18N2O2/c1-12-5-7-16(18(14(12)3)22-10-20)9-17-8-6-13(2)15(4)19(17)23-11-21/h5-8H,9H2,1-4H3. The van der Waals surface area contributed by atoms with Crippen LogP contribution in [0.15, 0.2) is 24.3 Å². The molecule has 2 aromatic carbocycles. The van der Waals surface area contributed by atoms with Crippen LogP contribution in [0.4, 0.5) is 0 Å². The number of rotatable bonds is 4. The quantitative estimate of drug-likeness (QED) is 0.793. The molecule has 0 aliphatic carbocycles. The van der Waals surface area contributed by atoms with Crippen LogP contribution >= 0.6 is 0 Å². The number of hydrogen-bond acceptors (Lipinski definition) is 4. The van der Waals surface area contributed by atoms with Gasteiger partial charge in [0.1, 0.15) is 11.5 Å². The SMILES string of the molecule is Cc1ccc(Cc2ccc(C)c(C)c2OC#N)c(OC#N)c1C. The van der Waals surface area contributed by atoms with Crippen molar-refractivity contribution in [1.82, 2.24) is 0 Å². The molecule has 0 unspecified atom stereocenters. The zero-order valence-electron chi connectivity index (χ0n) is 13.7. The lowest BCUT2D eigenvalue weighted by molar-refractivity contribution is 0.490. The normalized spacial score (nSPS) is 9.83. The second-order valence-corrected chi connectivity index (χ2v) is 5.55. The summed E-state index contributed by atoms with van der Waals surface area (Å²) in [5.74, 6) is 1.15. The Morgan fingerprint density at radius 3 is 1.48 bits per heavy atom. The maximum Gasteiger partial charge on any atom is 0.292 e. The molecule has 2 aromatic rings. The Bertz CT molecular complexity index is 757. The lowest BCUT2D eigenvalue weighted by Crippen LogP contribution is -2.01. The third-order valence-electron chi connectivity index (χ3n) is 4.19. The van der Waals surface area contributed by atoms with Gasteiger partial charge in [-0.3, -0.25) is 0 Å². The van der Waals surface area contributed by atoms with Gasteiger partial charge in [-0.15, -0.1) is 10.5 Å². The molecule has 0 aromatic heterocycles. The molecule has 0 radical (unpaired) electrons. The highest BCUT2D eigenvalue weighted by molar-refractivity contribution is 5.52. The topological polar surface area (TPSA) is 66.0 Å². The van der Waals surface area contributed by atoms with Gasteiger partial charge in [0.05, 0.1) is 0 Å². The van der Waals surface area contributed by atoms with Crippen molar-refractivity contribution in [3.05, 3.63) is 57.6 Å². The van der Waals surface area contributed by atoms with Gasteiger partial charge in [-0.1, -0.05) is 24.3 Å². The number of nitrogens with zero attached hydrogens (tertiary/aromatic N) is 2. The second kappa shape index (κ2) is 6.85. The molecule has 2 rings (SSSR count). The summed E-state index contributed by atoms with van der Waals surface area (Å²) in [7, 11) is 0. The molecular weight excluding hydrogens is 288 g/mol. The Kier molecular flexibility index (Phi) is 4.88. The molecule has 0 spiro atoms. The molecular formula is C19H18N2O2. The van der Waals surface area contributed by atoms with E-state index >= 15 is 0 Å². The minimum Gasteiger partial charge on any atom is -0.387 e. The van der Waals surface area contributed by atoms with Gasteiger partial charge in [-0.25, -0.2) is 0 Å². The van der Waals surface area contributed by atoms with E-state index in [1.54, 1.807) is 12.5 Å². The second-order valence-electron chi connectivity index (χ2n) is 5.55. The first-order valence-electron chi connectivity index (χ1n) is 7.29. The Morgan fingerprint density at radius 2 is 1.13 bits per heavy atom. The first-order valence-corrected chi connectivity index (χ1v) is 7.29. The van der Waals surface area contributed by atoms with Crippen LogP contribution in [0.25, 0.3) is 0 Å². The average Bonchev–Trinajstić information content (AvgIpc) is 2.53. The predicted octanol–water partition coefficient (Wildman–Crippen LogP) is 4.23. The third kappa shape index (κ3) is 3.27. The Labute approximate surface area is 136 Å². The number of benzene rings is 2. The zero-order chi connectivity index (χ0) is 17.0. The third-order valence-corrected chi connectivity index (χ3v) is 4.19. The predicted molar refractivity (Wildman–Crippen MR) is 87.1 cm³/mol. The van der Waals surface area contributed by atoms with Gasteiger partial charge in [-0.2, -0.15) is 0 Å². The lowest BCUT2D eigenvalue weighted by Gasteiger charge is -2.15. The summed E-state index contributed by atoms with van der Waals surface area (Å²) in [5.41, 5.74) is 5.79. The number of nitriles is 2. The molecule has 0 heterocycles. The van der Waals surface area contributed by atoms with Crippen LogP contribution < -0.4 is 9.47 Å². The molecule has 0 saturated carbocycles. The molecule has 0 aliphatic heterocycles. The van der Waals surface area contributed by atoms with Crippen molar-refractivity contribution in [2.45, 2.75) is 34.1 Å².